The maximum absolute atomic E-state index is 13.4. The molecule has 0 saturated carbocycles. The number of fused-ring (bicyclic) bond motifs is 2. The van der Waals surface area contributed by atoms with Crippen LogP contribution in [0.1, 0.15) is 39.0 Å². The second-order valence-electron chi connectivity index (χ2n) is 10.3. The van der Waals surface area contributed by atoms with E-state index in [1.807, 2.05) is 41.2 Å². The molecule has 0 aliphatic heterocycles. The van der Waals surface area contributed by atoms with Crippen LogP contribution in [-0.2, 0) is 19.6 Å². The Bertz CT molecular complexity index is 1950. The highest BCUT2D eigenvalue weighted by Crippen LogP contribution is 2.32. The molecular formula is C31H36N10O4. The molecule has 0 saturated heterocycles. The van der Waals surface area contributed by atoms with Gasteiger partial charge >= 0.3 is 0 Å². The zero-order valence-corrected chi connectivity index (χ0v) is 25.4. The van der Waals surface area contributed by atoms with Crippen LogP contribution in [0.2, 0.25) is 0 Å². The van der Waals surface area contributed by atoms with Gasteiger partial charge < -0.3 is 35.8 Å². The molecule has 2 amide bonds. The van der Waals surface area contributed by atoms with Gasteiger partial charge in [-0.3, -0.25) is 19.6 Å². The third-order valence-corrected chi connectivity index (χ3v) is 7.19. The largest absolute Gasteiger partial charge is 0.489 e. The van der Waals surface area contributed by atoms with Crippen molar-refractivity contribution in [3.8, 4) is 5.75 Å². The number of aromatic nitrogens is 6. The van der Waals surface area contributed by atoms with Gasteiger partial charge in [0.15, 0.2) is 0 Å². The number of nitrogens with one attached hydrogen (secondary N) is 2. The van der Waals surface area contributed by atoms with Crippen LogP contribution in [0.5, 0.6) is 5.75 Å². The summed E-state index contributed by atoms with van der Waals surface area (Å²) in [7, 11) is 1.77. The Hall–Kier alpha value is -5.63. The highest BCUT2D eigenvalue weighted by Gasteiger charge is 2.21. The number of ether oxygens (including phenoxy) is 1. The minimum Gasteiger partial charge on any atom is -0.489 e. The molecule has 3 aromatic heterocycles. The highest BCUT2D eigenvalue weighted by atomic mass is 16.5. The summed E-state index contributed by atoms with van der Waals surface area (Å²) in [6.45, 7) is 8.72. The Morgan fingerprint density at radius 1 is 1.02 bits per heavy atom. The number of imidazole rings is 2. The number of carbonyl (C=O) groups is 2. The standard InChI is InChI=1S/C31H36N10O4/c1-5-41-25(14-18(2)38-41)29(44)37-31-36-23-16-21(19(3)32)17-26(45-13-12-42)27(23)40(31)11-7-6-10-39-24-9-8-20(28(33)43)15-22(24)35-30(39)34-4/h6-9,14-17,42H,3,5,10-13,32H2,1-2,4H3,(H2,33,43)(H,34,35)(H,36,37,44)/b7-6+. The lowest BCUT2D eigenvalue weighted by Crippen LogP contribution is -2.20. The third kappa shape index (κ3) is 6.21. The molecule has 0 unspecified atom stereocenters. The SMILES string of the molecule is C=C(N)c1cc(OCCO)c2c(c1)nc(NC(=O)c1cc(C)nn1CC)n2C/C=C/Cn1c(NC)nc2cc(C(N)=O)ccc21. The van der Waals surface area contributed by atoms with Crippen molar-refractivity contribution in [2.45, 2.75) is 33.5 Å². The van der Waals surface area contributed by atoms with E-state index in [2.05, 4.69) is 27.3 Å². The normalized spacial score (nSPS) is 11.5. The van der Waals surface area contributed by atoms with E-state index < -0.39 is 5.91 Å². The van der Waals surface area contributed by atoms with Crippen molar-refractivity contribution >= 4 is 51.5 Å². The number of aliphatic hydroxyl groups excluding tert-OH is 1. The van der Waals surface area contributed by atoms with E-state index in [-0.39, 0.29) is 25.1 Å². The lowest BCUT2D eigenvalue weighted by Gasteiger charge is -2.13. The molecule has 0 aliphatic rings. The van der Waals surface area contributed by atoms with Crippen molar-refractivity contribution in [1.82, 2.24) is 28.9 Å². The van der Waals surface area contributed by atoms with Crippen molar-refractivity contribution in [3.63, 3.8) is 0 Å². The van der Waals surface area contributed by atoms with Crippen LogP contribution in [0.15, 0.2) is 55.1 Å². The molecule has 0 fully saturated rings. The quantitative estimate of drug-likeness (QED) is 0.124. The van der Waals surface area contributed by atoms with Crippen molar-refractivity contribution < 1.29 is 19.4 Å². The van der Waals surface area contributed by atoms with Gasteiger partial charge in [-0.05, 0) is 50.2 Å². The maximum Gasteiger partial charge on any atom is 0.276 e. The molecule has 0 spiro atoms. The van der Waals surface area contributed by atoms with Crippen molar-refractivity contribution in [2.75, 3.05) is 30.9 Å². The number of aliphatic hydroxyl groups is 1. The summed E-state index contributed by atoms with van der Waals surface area (Å²) >= 11 is 0. The molecule has 0 radical (unpaired) electrons. The number of rotatable bonds is 13. The summed E-state index contributed by atoms with van der Waals surface area (Å²) in [5.74, 6) is 0.458. The zero-order valence-electron chi connectivity index (χ0n) is 25.4. The van der Waals surface area contributed by atoms with Crippen LogP contribution in [0, 0.1) is 6.92 Å². The Labute approximate surface area is 259 Å². The van der Waals surface area contributed by atoms with Crippen LogP contribution in [0.25, 0.3) is 27.8 Å². The van der Waals surface area contributed by atoms with E-state index in [0.717, 1.165) is 11.2 Å². The van der Waals surface area contributed by atoms with Gasteiger partial charge in [-0.25, -0.2) is 9.97 Å². The van der Waals surface area contributed by atoms with E-state index >= 15 is 0 Å². The monoisotopic (exact) mass is 612 g/mol. The Balaban J connectivity index is 1.52. The third-order valence-electron chi connectivity index (χ3n) is 7.19. The molecule has 7 N–H and O–H groups in total. The molecule has 3 heterocycles. The fourth-order valence-electron chi connectivity index (χ4n) is 5.11. The number of allylic oxidation sites excluding steroid dienone is 2. The lowest BCUT2D eigenvalue weighted by atomic mass is 10.1. The van der Waals surface area contributed by atoms with Crippen molar-refractivity contribution in [2.24, 2.45) is 11.5 Å². The van der Waals surface area contributed by atoms with E-state index in [0.29, 0.717) is 70.4 Å². The minimum atomic E-state index is -0.521. The number of amides is 2. The molecule has 0 aliphatic carbocycles. The number of aryl methyl sites for hydroxylation is 2. The van der Waals surface area contributed by atoms with E-state index in [1.54, 1.807) is 42.1 Å². The van der Waals surface area contributed by atoms with Gasteiger partial charge in [-0.2, -0.15) is 5.10 Å². The lowest BCUT2D eigenvalue weighted by molar-refractivity contribution is 0.0996. The summed E-state index contributed by atoms with van der Waals surface area (Å²) in [5.41, 5.74) is 16.5. The van der Waals surface area contributed by atoms with Crippen LogP contribution >= 0.6 is 0 Å². The molecule has 0 bridgehead atoms. The Kier molecular flexibility index (Phi) is 8.86. The Morgan fingerprint density at radius 2 is 1.73 bits per heavy atom. The predicted molar refractivity (Wildman–Crippen MR) is 173 cm³/mol. The van der Waals surface area contributed by atoms with Crippen molar-refractivity contribution in [3.05, 3.63) is 77.6 Å². The summed E-state index contributed by atoms with van der Waals surface area (Å²) in [4.78, 5) is 34.4. The number of carbonyl (C=O) groups excluding carboxylic acids is 2. The number of anilines is 2. The first-order valence-corrected chi connectivity index (χ1v) is 14.4. The average Bonchev–Trinajstić information content (AvgIpc) is 3.69. The van der Waals surface area contributed by atoms with E-state index in [1.165, 1.54) is 0 Å². The minimum absolute atomic E-state index is 0.0469. The Morgan fingerprint density at radius 3 is 2.40 bits per heavy atom. The van der Waals surface area contributed by atoms with Crippen LogP contribution in [0.3, 0.4) is 0 Å². The molecule has 14 nitrogen and oxygen atoms in total. The summed E-state index contributed by atoms with van der Waals surface area (Å²) in [5, 5.41) is 19.9. The second kappa shape index (κ2) is 12.9. The molecule has 2 aromatic carbocycles. The summed E-state index contributed by atoms with van der Waals surface area (Å²) < 4.78 is 11.3. The first-order chi connectivity index (χ1) is 21.6. The number of benzene rings is 2. The average molecular weight is 613 g/mol. The first-order valence-electron chi connectivity index (χ1n) is 14.4. The van der Waals surface area contributed by atoms with Gasteiger partial charge in [-0.15, -0.1) is 0 Å². The topological polar surface area (TPSA) is 193 Å². The molecule has 45 heavy (non-hydrogen) atoms. The zero-order chi connectivity index (χ0) is 32.2. The predicted octanol–water partition coefficient (Wildman–Crippen LogP) is 2.86. The molecule has 234 valence electrons. The number of nitrogens with two attached hydrogens (primary N) is 2. The van der Waals surface area contributed by atoms with Crippen LogP contribution in [0.4, 0.5) is 11.9 Å². The van der Waals surface area contributed by atoms with Crippen LogP contribution in [-0.4, -0.2) is 66.1 Å². The smallest absolute Gasteiger partial charge is 0.276 e. The van der Waals surface area contributed by atoms with Gasteiger partial charge in [0.25, 0.3) is 5.91 Å². The number of hydrogen-bond acceptors (Lipinski definition) is 9. The maximum atomic E-state index is 13.4. The van der Waals surface area contributed by atoms with Gasteiger partial charge in [0.1, 0.15) is 23.6 Å². The highest BCUT2D eigenvalue weighted by molar-refractivity contribution is 6.03. The van der Waals surface area contributed by atoms with Gasteiger partial charge in [0.2, 0.25) is 17.8 Å². The molecule has 5 rings (SSSR count). The van der Waals surface area contributed by atoms with Gasteiger partial charge in [-0.1, -0.05) is 18.7 Å². The van der Waals surface area contributed by atoms with E-state index in [4.69, 9.17) is 21.2 Å². The molecular weight excluding hydrogens is 576 g/mol. The number of nitrogens with zero attached hydrogens (tertiary/aromatic N) is 6. The summed E-state index contributed by atoms with van der Waals surface area (Å²) in [6.07, 6.45) is 3.90. The van der Waals surface area contributed by atoms with Gasteiger partial charge in [0.05, 0.1) is 28.9 Å². The molecule has 0 atom stereocenters. The number of primary amides is 1. The van der Waals surface area contributed by atoms with Crippen molar-refractivity contribution in [1.29, 1.82) is 0 Å². The van der Waals surface area contributed by atoms with E-state index in [9.17, 15) is 14.7 Å². The number of hydrogen-bond donors (Lipinski definition) is 5. The molecule has 14 heteroatoms. The second-order valence-corrected chi connectivity index (χ2v) is 10.3. The van der Waals surface area contributed by atoms with Gasteiger partial charge in [0, 0.05) is 43.5 Å². The fourth-order valence-corrected chi connectivity index (χ4v) is 5.11. The first kappa shape index (κ1) is 30.8. The van der Waals surface area contributed by atoms with Crippen LogP contribution < -0.4 is 26.8 Å². The fraction of sp³-hybridized carbons (Fsp3) is 0.258. The molecule has 5 aromatic rings. The summed E-state index contributed by atoms with van der Waals surface area (Å²) in [6, 6.07) is 10.4.